The first kappa shape index (κ1) is 7.35. The Balaban J connectivity index is 3.25. The van der Waals surface area contributed by atoms with Gasteiger partial charge >= 0.3 is 76.2 Å². The van der Waals surface area contributed by atoms with Crippen molar-refractivity contribution in [2.24, 2.45) is 0 Å². The van der Waals surface area contributed by atoms with E-state index in [0.717, 1.165) is 30.7 Å². The monoisotopic (exact) mass is 150 g/mol. The van der Waals surface area contributed by atoms with Gasteiger partial charge in [-0.15, -0.1) is 0 Å². The molecule has 0 saturated carbocycles. The molecule has 1 aromatic rings. The van der Waals surface area contributed by atoms with E-state index in [0.29, 0.717) is 10.8 Å². The van der Waals surface area contributed by atoms with E-state index in [1.54, 1.807) is 6.20 Å². The average Bonchev–Trinajstić information content (AvgIpc) is 1.83. The summed E-state index contributed by atoms with van der Waals surface area (Å²) >= 11 is 6.65. The Morgan fingerprint density at radius 1 is 1.67 bits per heavy atom. The van der Waals surface area contributed by atoms with E-state index < -0.39 is 0 Å². The molecule has 2 N–H and O–H groups in total. The van der Waals surface area contributed by atoms with Crippen molar-refractivity contribution < 1.29 is 0 Å². The molecule has 1 rings (SSSR count). The zero-order chi connectivity index (χ0) is 6.85. The van der Waals surface area contributed by atoms with E-state index in [1.165, 1.54) is 0 Å². The SMILES string of the molecule is Nc1ncc[c]([Na])c1Cl. The molecule has 0 spiro atoms. The predicted octanol–water partition coefficient (Wildman–Crippen LogP) is 0.111. The van der Waals surface area contributed by atoms with Crippen molar-refractivity contribution >= 4 is 48.2 Å². The van der Waals surface area contributed by atoms with Crippen LogP contribution in [0.25, 0.3) is 0 Å². The molecule has 0 aromatic carbocycles. The third-order valence-corrected chi connectivity index (χ3v) is 2.75. The summed E-state index contributed by atoms with van der Waals surface area (Å²) in [5.74, 6) is 0.434. The number of hydrogen-bond acceptors (Lipinski definition) is 2. The molecule has 0 saturated heterocycles. The molecule has 0 aliphatic carbocycles. The van der Waals surface area contributed by atoms with Crippen LogP contribution >= 0.6 is 11.6 Å². The normalized spacial score (nSPS) is 9.67. The third-order valence-electron chi connectivity index (χ3n) is 1.11. The standard InChI is InChI=1S/C5H4ClN2.Na/c6-4-2-1-3-8-5(4)7;/h1,3H,(H2,7,8);. The molecule has 9 heavy (non-hydrogen) atoms. The van der Waals surface area contributed by atoms with Crippen molar-refractivity contribution in [3.8, 4) is 0 Å². The molecule has 0 aliphatic rings. The first-order valence-corrected chi connectivity index (χ1v) is 3.96. The van der Waals surface area contributed by atoms with E-state index >= 15 is 0 Å². The Morgan fingerprint density at radius 3 is 2.78 bits per heavy atom. The first-order chi connectivity index (χ1) is 4.22. The van der Waals surface area contributed by atoms with E-state index in [-0.39, 0.29) is 0 Å². The minimum absolute atomic E-state index is 0.434. The number of nitrogens with two attached hydrogens (primary N) is 1. The van der Waals surface area contributed by atoms with Crippen LogP contribution in [-0.4, -0.2) is 32.9 Å². The van der Waals surface area contributed by atoms with Crippen LogP contribution in [0.2, 0.25) is 5.02 Å². The molecule has 0 unspecified atom stereocenters. The van der Waals surface area contributed by atoms with Crippen molar-refractivity contribution in [2.75, 3.05) is 5.73 Å². The fourth-order valence-electron chi connectivity index (χ4n) is 0.561. The van der Waals surface area contributed by atoms with E-state index in [1.807, 2.05) is 6.07 Å². The molecule has 2 nitrogen and oxygen atoms in total. The molecular weight excluding hydrogens is 147 g/mol. The Bertz CT molecular complexity index is 206. The van der Waals surface area contributed by atoms with Crippen LogP contribution in [0.1, 0.15) is 0 Å². The summed E-state index contributed by atoms with van der Waals surface area (Å²) in [5.41, 5.74) is 5.40. The van der Waals surface area contributed by atoms with Gasteiger partial charge in [-0.05, 0) is 0 Å². The summed E-state index contributed by atoms with van der Waals surface area (Å²) in [5, 5.41) is 0.615. The van der Waals surface area contributed by atoms with Gasteiger partial charge < -0.3 is 0 Å². The van der Waals surface area contributed by atoms with Gasteiger partial charge in [0, 0.05) is 0 Å². The van der Waals surface area contributed by atoms with Gasteiger partial charge in [-0.3, -0.25) is 0 Å². The van der Waals surface area contributed by atoms with Crippen molar-refractivity contribution in [3.05, 3.63) is 17.3 Å². The number of pyridine rings is 1. The third kappa shape index (κ3) is 1.58. The van der Waals surface area contributed by atoms with Crippen LogP contribution < -0.4 is 8.55 Å². The number of hydrogen-bond donors (Lipinski definition) is 1. The second-order valence-electron chi connectivity index (χ2n) is 1.83. The van der Waals surface area contributed by atoms with Gasteiger partial charge in [0.2, 0.25) is 0 Å². The quantitative estimate of drug-likeness (QED) is 0.534. The minimum atomic E-state index is 0.434. The number of halogens is 1. The van der Waals surface area contributed by atoms with Crippen LogP contribution in [-0.2, 0) is 0 Å². The maximum absolute atomic E-state index is 5.72. The van der Waals surface area contributed by atoms with Crippen LogP contribution in [0.3, 0.4) is 0 Å². The number of nitrogen functional groups attached to an aromatic ring is 1. The van der Waals surface area contributed by atoms with Crippen LogP contribution in [0.5, 0.6) is 0 Å². The molecule has 42 valence electrons. The zero-order valence-corrected chi connectivity index (χ0v) is 7.81. The van der Waals surface area contributed by atoms with Crippen LogP contribution in [0, 0.1) is 0 Å². The molecule has 0 bridgehead atoms. The molecule has 0 atom stereocenters. The fraction of sp³-hybridized carbons (Fsp3) is 0. The van der Waals surface area contributed by atoms with E-state index in [2.05, 4.69) is 4.98 Å². The number of nitrogens with zero attached hydrogens (tertiary/aromatic N) is 1. The number of rotatable bonds is 0. The molecule has 0 fully saturated rings. The Morgan fingerprint density at radius 2 is 2.33 bits per heavy atom. The molecular formula is C5H4ClN2Na. The maximum atomic E-state index is 5.72. The van der Waals surface area contributed by atoms with Gasteiger partial charge in [0.15, 0.2) is 0 Å². The van der Waals surface area contributed by atoms with Crippen molar-refractivity contribution in [1.82, 2.24) is 4.98 Å². The number of anilines is 1. The van der Waals surface area contributed by atoms with Gasteiger partial charge in [0.05, 0.1) is 0 Å². The molecule has 0 aliphatic heterocycles. The van der Waals surface area contributed by atoms with Crippen molar-refractivity contribution in [2.45, 2.75) is 0 Å². The summed E-state index contributed by atoms with van der Waals surface area (Å²) in [6.45, 7) is 0. The summed E-state index contributed by atoms with van der Waals surface area (Å²) in [7, 11) is 0. The van der Waals surface area contributed by atoms with Crippen molar-refractivity contribution in [1.29, 1.82) is 0 Å². The summed E-state index contributed by atoms with van der Waals surface area (Å²) in [6.07, 6.45) is 1.67. The molecule has 0 radical (unpaired) electrons. The summed E-state index contributed by atoms with van der Waals surface area (Å²) in [4.78, 5) is 3.81. The molecule has 1 heterocycles. The second kappa shape index (κ2) is 2.88. The average molecular weight is 151 g/mol. The number of aromatic nitrogens is 1. The predicted molar refractivity (Wildman–Crippen MR) is 39.0 cm³/mol. The van der Waals surface area contributed by atoms with Crippen molar-refractivity contribution in [3.63, 3.8) is 0 Å². The first-order valence-electron chi connectivity index (χ1n) is 2.58. The molecule has 0 amide bonds. The summed E-state index contributed by atoms with van der Waals surface area (Å²) in [6, 6.07) is 1.88. The Hall–Kier alpha value is 0.240. The van der Waals surface area contributed by atoms with Gasteiger partial charge in [0.25, 0.3) is 0 Å². The molecule has 1 aromatic heterocycles. The zero-order valence-electron chi connectivity index (χ0n) is 5.06. The topological polar surface area (TPSA) is 38.9 Å². The summed E-state index contributed by atoms with van der Waals surface area (Å²) < 4.78 is 1.10. The molecule has 4 heteroatoms. The van der Waals surface area contributed by atoms with Gasteiger partial charge in [-0.2, -0.15) is 0 Å². The second-order valence-corrected chi connectivity index (χ2v) is 3.28. The van der Waals surface area contributed by atoms with Gasteiger partial charge in [-0.1, -0.05) is 0 Å². The van der Waals surface area contributed by atoms with Gasteiger partial charge in [0.1, 0.15) is 0 Å². The van der Waals surface area contributed by atoms with E-state index in [9.17, 15) is 0 Å². The van der Waals surface area contributed by atoms with Crippen LogP contribution in [0.4, 0.5) is 5.82 Å². The fourth-order valence-corrected chi connectivity index (χ4v) is 1.08. The Labute approximate surface area is 75.8 Å². The van der Waals surface area contributed by atoms with Crippen LogP contribution in [0.15, 0.2) is 12.3 Å². The Kier molecular flexibility index (Phi) is 2.35. The van der Waals surface area contributed by atoms with Gasteiger partial charge in [-0.25, -0.2) is 0 Å². The van der Waals surface area contributed by atoms with E-state index in [4.69, 9.17) is 17.3 Å².